The van der Waals surface area contributed by atoms with Crippen molar-refractivity contribution in [2.45, 2.75) is 10.9 Å². The van der Waals surface area contributed by atoms with Crippen molar-refractivity contribution in [2.75, 3.05) is 0 Å². The second-order valence-corrected chi connectivity index (χ2v) is 6.03. The van der Waals surface area contributed by atoms with Crippen LogP contribution < -0.4 is 0 Å². The molecule has 0 unspecified atom stereocenters. The van der Waals surface area contributed by atoms with Crippen molar-refractivity contribution in [2.24, 2.45) is 0 Å². The van der Waals surface area contributed by atoms with Crippen LogP contribution in [0.25, 0.3) is 10.8 Å². The van der Waals surface area contributed by atoms with Gasteiger partial charge in [-0.15, -0.1) is 0 Å². The second-order valence-electron chi connectivity index (χ2n) is 4.37. The Morgan fingerprint density at radius 2 is 1.62 bits per heavy atom. The normalized spacial score (nSPS) is 11.0. The number of hydrogen-bond acceptors (Lipinski definition) is 3. The first-order valence-corrected chi connectivity index (χ1v) is 7.86. The van der Waals surface area contributed by atoms with Crippen LogP contribution in [0.2, 0.25) is 10.3 Å². The maximum Gasteiger partial charge on any atom is 0.197 e. The molecule has 0 N–H and O–H groups in total. The first kappa shape index (κ1) is 14.6. The van der Waals surface area contributed by atoms with E-state index in [0.29, 0.717) is 10.9 Å². The van der Waals surface area contributed by atoms with Gasteiger partial charge in [0, 0.05) is 5.75 Å². The van der Waals surface area contributed by atoms with Crippen LogP contribution in [0.15, 0.2) is 47.6 Å². The zero-order chi connectivity index (χ0) is 14.8. The zero-order valence-electron chi connectivity index (χ0n) is 10.7. The summed E-state index contributed by atoms with van der Waals surface area (Å²) in [4.78, 5) is 7.74. The summed E-state index contributed by atoms with van der Waals surface area (Å²) in [6, 6.07) is 14.4. The topological polar surface area (TPSA) is 25.8 Å². The lowest BCUT2D eigenvalue weighted by atomic mass is 10.1. The molecule has 0 radical (unpaired) electrons. The van der Waals surface area contributed by atoms with Gasteiger partial charge < -0.3 is 0 Å². The van der Waals surface area contributed by atoms with Crippen LogP contribution >= 0.6 is 35.0 Å². The summed E-state index contributed by atoms with van der Waals surface area (Å²) in [5, 5.41) is 2.22. The highest BCUT2D eigenvalue weighted by Gasteiger charge is 2.11. The van der Waals surface area contributed by atoms with Gasteiger partial charge in [0.25, 0.3) is 0 Å². The molecule has 2 nitrogen and oxygen atoms in total. The van der Waals surface area contributed by atoms with Crippen LogP contribution in [0, 0.1) is 5.82 Å². The molecule has 0 atom stereocenters. The van der Waals surface area contributed by atoms with Gasteiger partial charge in [0.05, 0.1) is 0 Å². The summed E-state index contributed by atoms with van der Waals surface area (Å²) in [7, 11) is 0. The molecular formula is C15H9Cl2FN2S. The van der Waals surface area contributed by atoms with Crippen LogP contribution in [-0.4, -0.2) is 9.97 Å². The number of fused-ring (bicyclic) bond motifs is 1. The van der Waals surface area contributed by atoms with Gasteiger partial charge in [-0.1, -0.05) is 77.4 Å². The Hall–Kier alpha value is -1.36. The highest BCUT2D eigenvalue weighted by Crippen LogP contribution is 2.26. The van der Waals surface area contributed by atoms with E-state index in [1.54, 1.807) is 0 Å². The maximum absolute atomic E-state index is 13.3. The van der Waals surface area contributed by atoms with Gasteiger partial charge in [-0.3, -0.25) is 0 Å². The summed E-state index contributed by atoms with van der Waals surface area (Å²) in [5.74, 6) is -0.128. The largest absolute Gasteiger partial charge is 0.207 e. The van der Waals surface area contributed by atoms with Gasteiger partial charge in [0.2, 0.25) is 0 Å². The number of rotatable bonds is 3. The molecule has 0 aliphatic rings. The number of halogens is 3. The first-order valence-electron chi connectivity index (χ1n) is 6.12. The maximum atomic E-state index is 13.3. The molecule has 0 amide bonds. The van der Waals surface area contributed by atoms with Gasteiger partial charge in [-0.25, -0.2) is 14.4 Å². The fourth-order valence-electron chi connectivity index (χ4n) is 1.92. The molecule has 0 spiro atoms. The van der Waals surface area contributed by atoms with Gasteiger partial charge in [0.15, 0.2) is 21.3 Å². The van der Waals surface area contributed by atoms with Crippen LogP contribution in [-0.2, 0) is 5.75 Å². The minimum Gasteiger partial charge on any atom is -0.207 e. The predicted octanol–water partition coefficient (Wildman–Crippen LogP) is 5.37. The number of benzene rings is 2. The van der Waals surface area contributed by atoms with E-state index >= 15 is 0 Å². The van der Waals surface area contributed by atoms with Crippen molar-refractivity contribution in [3.05, 3.63) is 64.2 Å². The van der Waals surface area contributed by atoms with Crippen molar-refractivity contribution < 1.29 is 4.39 Å². The van der Waals surface area contributed by atoms with Gasteiger partial charge >= 0.3 is 0 Å². The number of thioether (sulfide) groups is 1. The third-order valence-electron chi connectivity index (χ3n) is 2.93. The minimum atomic E-state index is -0.784. The highest BCUT2D eigenvalue weighted by atomic mass is 35.5. The smallest absolute Gasteiger partial charge is 0.197 e. The van der Waals surface area contributed by atoms with Crippen molar-refractivity contribution in [1.82, 2.24) is 9.97 Å². The molecular weight excluding hydrogens is 330 g/mol. The summed E-state index contributed by atoms with van der Waals surface area (Å²) in [6.45, 7) is 0. The summed E-state index contributed by atoms with van der Waals surface area (Å²) in [5.41, 5.74) is 1.12. The highest BCUT2D eigenvalue weighted by molar-refractivity contribution is 7.98. The van der Waals surface area contributed by atoms with E-state index in [-0.39, 0.29) is 10.3 Å². The first-order chi connectivity index (χ1) is 10.1. The van der Waals surface area contributed by atoms with E-state index in [1.165, 1.54) is 22.5 Å². The molecule has 2 aromatic carbocycles. The van der Waals surface area contributed by atoms with E-state index in [4.69, 9.17) is 23.2 Å². The monoisotopic (exact) mass is 338 g/mol. The quantitative estimate of drug-likeness (QED) is 0.365. The Kier molecular flexibility index (Phi) is 4.29. The van der Waals surface area contributed by atoms with Gasteiger partial charge in [-0.2, -0.15) is 0 Å². The average molecular weight is 339 g/mol. The van der Waals surface area contributed by atoms with Crippen LogP contribution in [0.4, 0.5) is 4.39 Å². The predicted molar refractivity (Wildman–Crippen MR) is 85.5 cm³/mol. The molecule has 0 saturated carbocycles. The number of nitrogens with zero attached hydrogens (tertiary/aromatic N) is 2. The van der Waals surface area contributed by atoms with E-state index in [0.717, 1.165) is 5.56 Å². The summed E-state index contributed by atoms with van der Waals surface area (Å²) < 4.78 is 13.3. The molecule has 0 aliphatic carbocycles. The molecule has 21 heavy (non-hydrogen) atoms. The minimum absolute atomic E-state index is 0.254. The standard InChI is InChI=1S/C15H9Cl2FN2S/c16-13-12(18)14(17)20-15(19-13)21-8-9-5-6-10-3-1-2-4-11(10)7-9/h1-7H,8H2. The van der Waals surface area contributed by atoms with E-state index in [2.05, 4.69) is 34.2 Å². The Bertz CT molecular complexity index is 788. The third-order valence-corrected chi connectivity index (χ3v) is 4.35. The SMILES string of the molecule is Fc1c(Cl)nc(SCc2ccc3ccccc3c2)nc1Cl. The van der Waals surface area contributed by atoms with E-state index in [1.807, 2.05) is 18.2 Å². The fraction of sp³-hybridized carbons (Fsp3) is 0.0667. The van der Waals surface area contributed by atoms with Crippen molar-refractivity contribution >= 4 is 45.7 Å². The molecule has 1 aromatic heterocycles. The number of hydrogen-bond donors (Lipinski definition) is 0. The fourth-order valence-corrected chi connectivity index (χ4v) is 3.19. The molecule has 106 valence electrons. The van der Waals surface area contributed by atoms with Crippen LogP contribution in [0.1, 0.15) is 5.56 Å². The lowest BCUT2D eigenvalue weighted by Crippen LogP contribution is -1.93. The molecule has 0 bridgehead atoms. The Morgan fingerprint density at radius 3 is 2.33 bits per heavy atom. The van der Waals surface area contributed by atoms with Crippen molar-refractivity contribution in [3.8, 4) is 0 Å². The third kappa shape index (κ3) is 3.28. The lowest BCUT2D eigenvalue weighted by molar-refractivity contribution is 0.607. The molecule has 1 heterocycles. The van der Waals surface area contributed by atoms with E-state index < -0.39 is 5.82 Å². The molecule has 0 saturated heterocycles. The van der Waals surface area contributed by atoms with E-state index in [9.17, 15) is 4.39 Å². The molecule has 6 heteroatoms. The summed E-state index contributed by atoms with van der Waals surface area (Å²) >= 11 is 12.7. The summed E-state index contributed by atoms with van der Waals surface area (Å²) in [6.07, 6.45) is 0. The Labute approximate surface area is 135 Å². The lowest BCUT2D eigenvalue weighted by Gasteiger charge is -2.04. The zero-order valence-corrected chi connectivity index (χ0v) is 13.0. The van der Waals surface area contributed by atoms with Crippen molar-refractivity contribution in [1.29, 1.82) is 0 Å². The molecule has 0 aliphatic heterocycles. The average Bonchev–Trinajstić information content (AvgIpc) is 2.50. The van der Waals surface area contributed by atoms with Crippen LogP contribution in [0.5, 0.6) is 0 Å². The number of aromatic nitrogens is 2. The molecule has 3 rings (SSSR count). The van der Waals surface area contributed by atoms with Gasteiger partial charge in [0.1, 0.15) is 0 Å². The molecule has 3 aromatic rings. The Balaban J connectivity index is 1.80. The van der Waals surface area contributed by atoms with Gasteiger partial charge in [-0.05, 0) is 16.3 Å². The second kappa shape index (κ2) is 6.18. The van der Waals surface area contributed by atoms with Crippen LogP contribution in [0.3, 0.4) is 0 Å². The van der Waals surface area contributed by atoms with Crippen molar-refractivity contribution in [3.63, 3.8) is 0 Å². The molecule has 0 fully saturated rings. The Morgan fingerprint density at radius 1 is 0.952 bits per heavy atom.